The molecule has 0 fully saturated rings. The first-order valence-electron chi connectivity index (χ1n) is 7.85. The highest BCUT2D eigenvalue weighted by atomic mass is 16.5. The van der Waals surface area contributed by atoms with Crippen molar-refractivity contribution in [2.45, 2.75) is 13.5 Å². The number of rotatable bonds is 6. The van der Waals surface area contributed by atoms with Crippen LogP contribution in [0.1, 0.15) is 22.8 Å². The number of amides is 1. The van der Waals surface area contributed by atoms with Gasteiger partial charge in [0.25, 0.3) is 5.91 Å². The molecule has 1 amide bonds. The quantitative estimate of drug-likeness (QED) is 0.758. The summed E-state index contributed by atoms with van der Waals surface area (Å²) in [6.45, 7) is 2.89. The van der Waals surface area contributed by atoms with Crippen LogP contribution in [-0.2, 0) is 6.54 Å². The Morgan fingerprint density at radius 3 is 2.67 bits per heavy atom. The largest absolute Gasteiger partial charge is 0.493 e. The van der Waals surface area contributed by atoms with Crippen molar-refractivity contribution in [1.82, 2.24) is 14.9 Å². The highest BCUT2D eigenvalue weighted by Gasteiger charge is 2.11. The van der Waals surface area contributed by atoms with Crippen molar-refractivity contribution in [3.63, 3.8) is 0 Å². The molecule has 0 aliphatic rings. The molecule has 5 nitrogen and oxygen atoms in total. The molecule has 0 aliphatic heterocycles. The number of carbonyl (C=O) groups excluding carboxylic acids is 1. The minimum atomic E-state index is -0.141. The van der Waals surface area contributed by atoms with E-state index in [9.17, 15) is 4.79 Å². The molecule has 3 rings (SSSR count). The molecule has 0 unspecified atom stereocenters. The number of nitrogens with zero attached hydrogens (tertiary/aromatic N) is 2. The third kappa shape index (κ3) is 3.63. The number of benzene rings is 2. The molecule has 5 heteroatoms. The van der Waals surface area contributed by atoms with Crippen LogP contribution in [0.5, 0.6) is 5.75 Å². The average molecular weight is 321 g/mol. The lowest BCUT2D eigenvalue weighted by Gasteiger charge is -2.11. The van der Waals surface area contributed by atoms with E-state index in [1.54, 1.807) is 24.7 Å². The Morgan fingerprint density at radius 2 is 1.96 bits per heavy atom. The van der Waals surface area contributed by atoms with Crippen molar-refractivity contribution in [1.29, 1.82) is 0 Å². The lowest BCUT2D eigenvalue weighted by Crippen LogP contribution is -2.23. The molecule has 0 saturated heterocycles. The number of nitrogens with one attached hydrogen (secondary N) is 1. The van der Waals surface area contributed by atoms with Crippen molar-refractivity contribution >= 4 is 5.91 Å². The van der Waals surface area contributed by atoms with Crippen LogP contribution in [0.25, 0.3) is 5.69 Å². The minimum absolute atomic E-state index is 0.141. The van der Waals surface area contributed by atoms with Crippen LogP contribution in [0.15, 0.2) is 67.3 Å². The predicted molar refractivity (Wildman–Crippen MR) is 92.3 cm³/mol. The van der Waals surface area contributed by atoms with E-state index in [0.29, 0.717) is 24.5 Å². The van der Waals surface area contributed by atoms with E-state index in [-0.39, 0.29) is 5.91 Å². The average Bonchev–Trinajstić information content (AvgIpc) is 3.15. The number of para-hydroxylation sites is 1. The Hall–Kier alpha value is -3.08. The van der Waals surface area contributed by atoms with Gasteiger partial charge in [-0.05, 0) is 36.8 Å². The maximum absolute atomic E-state index is 12.4. The van der Waals surface area contributed by atoms with Crippen LogP contribution in [-0.4, -0.2) is 22.1 Å². The van der Waals surface area contributed by atoms with Gasteiger partial charge in [0.15, 0.2) is 0 Å². The summed E-state index contributed by atoms with van der Waals surface area (Å²) in [6, 6.07) is 15.2. The molecule has 1 heterocycles. The zero-order valence-electron chi connectivity index (χ0n) is 13.5. The van der Waals surface area contributed by atoms with Crippen LogP contribution >= 0.6 is 0 Å². The first-order chi connectivity index (χ1) is 11.8. The van der Waals surface area contributed by atoms with Gasteiger partial charge in [-0.3, -0.25) is 4.79 Å². The fourth-order valence-electron chi connectivity index (χ4n) is 2.41. The summed E-state index contributed by atoms with van der Waals surface area (Å²) < 4.78 is 7.43. The number of ether oxygens (including phenoxy) is 1. The number of hydrogen-bond donors (Lipinski definition) is 1. The van der Waals surface area contributed by atoms with E-state index in [1.165, 1.54) is 0 Å². The zero-order chi connectivity index (χ0) is 16.8. The third-order valence-electron chi connectivity index (χ3n) is 3.62. The predicted octanol–water partition coefficient (Wildman–Crippen LogP) is 3.20. The molecule has 122 valence electrons. The molecule has 0 aliphatic carbocycles. The summed E-state index contributed by atoms with van der Waals surface area (Å²) >= 11 is 0. The van der Waals surface area contributed by atoms with Gasteiger partial charge in [0.2, 0.25) is 0 Å². The number of imidazole rings is 1. The molecule has 0 spiro atoms. The summed E-state index contributed by atoms with van der Waals surface area (Å²) in [7, 11) is 0. The highest BCUT2D eigenvalue weighted by molar-refractivity contribution is 5.96. The van der Waals surface area contributed by atoms with Gasteiger partial charge < -0.3 is 14.6 Å². The maximum Gasteiger partial charge on any atom is 0.255 e. The van der Waals surface area contributed by atoms with Crippen molar-refractivity contribution in [3.8, 4) is 11.4 Å². The molecule has 0 atom stereocenters. The topological polar surface area (TPSA) is 56.1 Å². The first kappa shape index (κ1) is 15.8. The van der Waals surface area contributed by atoms with Gasteiger partial charge in [-0.25, -0.2) is 4.98 Å². The molecular weight excluding hydrogens is 302 g/mol. The van der Waals surface area contributed by atoms with Crippen molar-refractivity contribution in [3.05, 3.63) is 78.4 Å². The molecule has 1 aromatic heterocycles. The Morgan fingerprint density at radius 1 is 1.17 bits per heavy atom. The number of hydrogen-bond acceptors (Lipinski definition) is 3. The molecule has 0 radical (unpaired) electrons. The fourth-order valence-corrected chi connectivity index (χ4v) is 2.41. The first-order valence-corrected chi connectivity index (χ1v) is 7.85. The van der Waals surface area contributed by atoms with Crippen molar-refractivity contribution in [2.24, 2.45) is 0 Å². The molecule has 1 N–H and O–H groups in total. The molecule has 2 aromatic carbocycles. The molecule has 0 saturated carbocycles. The van der Waals surface area contributed by atoms with E-state index < -0.39 is 0 Å². The lowest BCUT2D eigenvalue weighted by molar-refractivity contribution is 0.0947. The normalized spacial score (nSPS) is 10.4. The van der Waals surface area contributed by atoms with Crippen LogP contribution in [0, 0.1) is 0 Å². The number of carbonyl (C=O) groups is 1. The highest BCUT2D eigenvalue weighted by Crippen LogP contribution is 2.18. The van der Waals surface area contributed by atoms with Gasteiger partial charge in [-0.2, -0.15) is 0 Å². The molecule has 24 heavy (non-hydrogen) atoms. The molecule has 3 aromatic rings. The van der Waals surface area contributed by atoms with E-state index in [1.807, 2.05) is 54.1 Å². The fraction of sp³-hybridized carbons (Fsp3) is 0.158. The van der Waals surface area contributed by atoms with E-state index in [4.69, 9.17) is 4.74 Å². The van der Waals surface area contributed by atoms with Crippen LogP contribution < -0.4 is 10.1 Å². The maximum atomic E-state index is 12.4. The van der Waals surface area contributed by atoms with E-state index in [0.717, 1.165) is 11.3 Å². The van der Waals surface area contributed by atoms with Crippen molar-refractivity contribution in [2.75, 3.05) is 6.61 Å². The monoisotopic (exact) mass is 321 g/mol. The summed E-state index contributed by atoms with van der Waals surface area (Å²) in [5, 5.41) is 2.93. The zero-order valence-corrected chi connectivity index (χ0v) is 13.5. The SMILES string of the molecule is CCOc1ccccc1C(=O)NCc1ccc(-n2ccnc2)cc1. The van der Waals surface area contributed by atoms with Crippen LogP contribution in [0.2, 0.25) is 0 Å². The van der Waals surface area contributed by atoms with Crippen LogP contribution in [0.3, 0.4) is 0 Å². The Labute approximate surface area is 140 Å². The van der Waals surface area contributed by atoms with Gasteiger partial charge in [0, 0.05) is 24.6 Å². The van der Waals surface area contributed by atoms with Gasteiger partial charge >= 0.3 is 0 Å². The molecular formula is C19H19N3O2. The van der Waals surface area contributed by atoms with Crippen LogP contribution in [0.4, 0.5) is 0 Å². The minimum Gasteiger partial charge on any atom is -0.493 e. The van der Waals surface area contributed by atoms with Crippen molar-refractivity contribution < 1.29 is 9.53 Å². The Bertz CT molecular complexity index is 796. The Balaban J connectivity index is 1.64. The number of aromatic nitrogens is 2. The third-order valence-corrected chi connectivity index (χ3v) is 3.62. The summed E-state index contributed by atoms with van der Waals surface area (Å²) in [6.07, 6.45) is 5.38. The van der Waals surface area contributed by atoms with E-state index >= 15 is 0 Å². The second-order valence-corrected chi connectivity index (χ2v) is 5.25. The van der Waals surface area contributed by atoms with Gasteiger partial charge in [0.1, 0.15) is 5.75 Å². The standard InChI is InChI=1S/C19H19N3O2/c1-2-24-18-6-4-3-5-17(18)19(23)21-13-15-7-9-16(10-8-15)22-12-11-20-14-22/h3-12,14H,2,13H2,1H3,(H,21,23). The lowest BCUT2D eigenvalue weighted by atomic mass is 10.1. The Kier molecular flexibility index (Phi) is 4.91. The summed E-state index contributed by atoms with van der Waals surface area (Å²) in [4.78, 5) is 16.4. The van der Waals surface area contributed by atoms with E-state index in [2.05, 4.69) is 10.3 Å². The smallest absolute Gasteiger partial charge is 0.255 e. The van der Waals surface area contributed by atoms with Gasteiger partial charge in [0.05, 0.1) is 18.5 Å². The second-order valence-electron chi connectivity index (χ2n) is 5.25. The summed E-state index contributed by atoms with van der Waals surface area (Å²) in [5.41, 5.74) is 2.61. The second kappa shape index (κ2) is 7.46. The van der Waals surface area contributed by atoms with Gasteiger partial charge in [-0.15, -0.1) is 0 Å². The molecule has 0 bridgehead atoms. The van der Waals surface area contributed by atoms with Gasteiger partial charge in [-0.1, -0.05) is 24.3 Å². The summed E-state index contributed by atoms with van der Waals surface area (Å²) in [5.74, 6) is 0.464.